The molecule has 132 valence electrons. The molecular formula is C19H29N3O2. The predicted molar refractivity (Wildman–Crippen MR) is 98.1 cm³/mol. The van der Waals surface area contributed by atoms with Gasteiger partial charge in [-0.2, -0.15) is 5.01 Å². The van der Waals surface area contributed by atoms with Crippen LogP contribution in [0.4, 0.5) is 5.69 Å². The molecule has 1 aliphatic heterocycles. The summed E-state index contributed by atoms with van der Waals surface area (Å²) in [5, 5.41) is 6.04. The van der Waals surface area contributed by atoms with Gasteiger partial charge in [-0.25, -0.2) is 0 Å². The van der Waals surface area contributed by atoms with Crippen LogP contribution in [0.2, 0.25) is 0 Å². The minimum atomic E-state index is -0.640. The first kappa shape index (κ1) is 18.5. The highest BCUT2D eigenvalue weighted by Gasteiger charge is 2.50. The Morgan fingerprint density at radius 1 is 1.08 bits per heavy atom. The van der Waals surface area contributed by atoms with Gasteiger partial charge in [0.2, 0.25) is 5.90 Å². The number of carbonyl (C=O) groups is 1. The van der Waals surface area contributed by atoms with Gasteiger partial charge in [-0.3, -0.25) is 4.79 Å². The van der Waals surface area contributed by atoms with Crippen LogP contribution < -0.4 is 5.01 Å². The first-order chi connectivity index (χ1) is 11.6. The standard InChI is InChI=1S/C19H29N3O2/c1-5-19(6-2)17(24-15-14-21(7-3)8-4)20-22(18(19)23)16-12-10-9-11-13-16/h9-13H,5-8,14-15H2,1-4H3. The molecule has 1 amide bonds. The van der Waals surface area contributed by atoms with E-state index in [1.807, 2.05) is 44.2 Å². The van der Waals surface area contributed by atoms with Crippen LogP contribution in [0.3, 0.4) is 0 Å². The highest BCUT2D eigenvalue weighted by Crippen LogP contribution is 2.38. The Bertz CT molecular complexity index is 563. The lowest BCUT2D eigenvalue weighted by Gasteiger charge is -2.26. The molecule has 0 spiro atoms. The molecule has 0 unspecified atom stereocenters. The van der Waals surface area contributed by atoms with Crippen LogP contribution in [0.25, 0.3) is 0 Å². The SMILES string of the molecule is CCN(CC)CCOC1=NN(c2ccccc2)C(=O)C1(CC)CC. The van der Waals surface area contributed by atoms with Gasteiger partial charge in [0, 0.05) is 6.54 Å². The summed E-state index contributed by atoms with van der Waals surface area (Å²) < 4.78 is 6.00. The fourth-order valence-corrected chi connectivity index (χ4v) is 3.10. The molecule has 0 saturated carbocycles. The molecule has 2 rings (SSSR count). The van der Waals surface area contributed by atoms with Crippen molar-refractivity contribution in [1.82, 2.24) is 4.90 Å². The molecule has 1 aliphatic rings. The second kappa shape index (κ2) is 8.29. The van der Waals surface area contributed by atoms with E-state index in [9.17, 15) is 4.79 Å². The van der Waals surface area contributed by atoms with Crippen LogP contribution in [0, 0.1) is 5.41 Å². The van der Waals surface area contributed by atoms with Gasteiger partial charge in [-0.05, 0) is 38.1 Å². The third-order valence-corrected chi connectivity index (χ3v) is 4.95. The number of carbonyl (C=O) groups excluding carboxylic acids is 1. The highest BCUT2D eigenvalue weighted by atomic mass is 16.5. The van der Waals surface area contributed by atoms with Crippen molar-refractivity contribution < 1.29 is 9.53 Å². The zero-order valence-corrected chi connectivity index (χ0v) is 15.3. The van der Waals surface area contributed by atoms with E-state index in [1.54, 1.807) is 0 Å². The molecule has 1 heterocycles. The summed E-state index contributed by atoms with van der Waals surface area (Å²) >= 11 is 0. The number of ether oxygens (including phenoxy) is 1. The third-order valence-electron chi connectivity index (χ3n) is 4.95. The second-order valence-corrected chi connectivity index (χ2v) is 6.02. The van der Waals surface area contributed by atoms with Gasteiger partial charge in [-0.1, -0.05) is 45.9 Å². The fraction of sp³-hybridized carbons (Fsp3) is 0.579. The van der Waals surface area contributed by atoms with Gasteiger partial charge in [0.05, 0.1) is 5.69 Å². The molecule has 0 aliphatic carbocycles. The molecule has 24 heavy (non-hydrogen) atoms. The van der Waals surface area contributed by atoms with Crippen molar-refractivity contribution in [2.75, 3.05) is 31.3 Å². The Hall–Kier alpha value is -1.88. The maximum atomic E-state index is 13.0. The van der Waals surface area contributed by atoms with E-state index in [4.69, 9.17) is 4.74 Å². The number of likely N-dealkylation sites (N-methyl/N-ethyl adjacent to an activating group) is 1. The highest BCUT2D eigenvalue weighted by molar-refractivity contribution is 6.16. The number of amides is 1. The van der Waals surface area contributed by atoms with Crippen LogP contribution in [0.5, 0.6) is 0 Å². The van der Waals surface area contributed by atoms with E-state index in [0.29, 0.717) is 25.3 Å². The molecule has 0 bridgehead atoms. The summed E-state index contributed by atoms with van der Waals surface area (Å²) in [5.41, 5.74) is 0.148. The lowest BCUT2D eigenvalue weighted by molar-refractivity contribution is -0.124. The Kier molecular flexibility index (Phi) is 6.37. The van der Waals surface area contributed by atoms with Crippen LogP contribution in [0.1, 0.15) is 40.5 Å². The molecule has 0 atom stereocenters. The summed E-state index contributed by atoms with van der Waals surface area (Å²) in [4.78, 5) is 15.3. The van der Waals surface area contributed by atoms with E-state index < -0.39 is 5.41 Å². The Labute approximate surface area is 145 Å². The number of para-hydroxylation sites is 1. The lowest BCUT2D eigenvalue weighted by atomic mass is 9.81. The minimum absolute atomic E-state index is 0.0107. The van der Waals surface area contributed by atoms with Gasteiger partial charge in [-0.15, -0.1) is 5.10 Å². The van der Waals surface area contributed by atoms with E-state index in [-0.39, 0.29) is 5.91 Å². The Balaban J connectivity index is 2.19. The van der Waals surface area contributed by atoms with Crippen LogP contribution in [0.15, 0.2) is 35.4 Å². The molecule has 1 aromatic carbocycles. The topological polar surface area (TPSA) is 45.1 Å². The van der Waals surface area contributed by atoms with Crippen molar-refractivity contribution in [2.24, 2.45) is 10.5 Å². The maximum absolute atomic E-state index is 13.0. The van der Waals surface area contributed by atoms with Crippen molar-refractivity contribution in [3.63, 3.8) is 0 Å². The summed E-state index contributed by atoms with van der Waals surface area (Å²) in [6.45, 7) is 11.7. The molecular weight excluding hydrogens is 302 g/mol. The monoisotopic (exact) mass is 331 g/mol. The Morgan fingerprint density at radius 2 is 1.71 bits per heavy atom. The van der Waals surface area contributed by atoms with Crippen LogP contribution >= 0.6 is 0 Å². The molecule has 0 aromatic heterocycles. The van der Waals surface area contributed by atoms with E-state index in [2.05, 4.69) is 23.8 Å². The minimum Gasteiger partial charge on any atom is -0.478 e. The van der Waals surface area contributed by atoms with Gasteiger partial charge in [0.25, 0.3) is 5.91 Å². The molecule has 0 N–H and O–H groups in total. The van der Waals surface area contributed by atoms with Crippen LogP contribution in [-0.2, 0) is 9.53 Å². The largest absolute Gasteiger partial charge is 0.478 e. The molecule has 5 nitrogen and oxygen atoms in total. The van der Waals surface area contributed by atoms with E-state index >= 15 is 0 Å². The quantitative estimate of drug-likeness (QED) is 0.732. The van der Waals surface area contributed by atoms with Crippen LogP contribution in [-0.4, -0.2) is 42.9 Å². The molecule has 5 heteroatoms. The van der Waals surface area contributed by atoms with Crippen molar-refractivity contribution >= 4 is 17.5 Å². The Morgan fingerprint density at radius 3 is 2.25 bits per heavy atom. The first-order valence-corrected chi connectivity index (χ1v) is 8.96. The molecule has 0 radical (unpaired) electrons. The average Bonchev–Trinajstić information content (AvgIpc) is 2.91. The van der Waals surface area contributed by atoms with Crippen molar-refractivity contribution in [1.29, 1.82) is 0 Å². The lowest BCUT2D eigenvalue weighted by Crippen LogP contribution is -2.40. The number of hydrogen-bond acceptors (Lipinski definition) is 4. The fourth-order valence-electron chi connectivity index (χ4n) is 3.10. The third kappa shape index (κ3) is 3.46. The normalized spacial score (nSPS) is 16.6. The number of nitrogens with zero attached hydrogens (tertiary/aromatic N) is 3. The van der Waals surface area contributed by atoms with E-state index in [1.165, 1.54) is 5.01 Å². The van der Waals surface area contributed by atoms with Gasteiger partial charge < -0.3 is 9.64 Å². The van der Waals surface area contributed by atoms with Crippen molar-refractivity contribution in [2.45, 2.75) is 40.5 Å². The number of hydrogen-bond donors (Lipinski definition) is 0. The van der Waals surface area contributed by atoms with Crippen molar-refractivity contribution in [3.8, 4) is 0 Å². The van der Waals surface area contributed by atoms with Gasteiger partial charge in [0.1, 0.15) is 12.0 Å². The van der Waals surface area contributed by atoms with Gasteiger partial charge in [0.15, 0.2) is 0 Å². The number of hydrazone groups is 1. The van der Waals surface area contributed by atoms with Crippen molar-refractivity contribution in [3.05, 3.63) is 30.3 Å². The van der Waals surface area contributed by atoms with Gasteiger partial charge >= 0.3 is 0 Å². The predicted octanol–water partition coefficient (Wildman–Crippen LogP) is 3.51. The number of rotatable bonds is 8. The summed E-state index contributed by atoms with van der Waals surface area (Å²) in [5.74, 6) is 0.574. The maximum Gasteiger partial charge on any atom is 0.263 e. The zero-order valence-electron chi connectivity index (χ0n) is 15.3. The average molecular weight is 331 g/mol. The molecule has 0 saturated heterocycles. The summed E-state index contributed by atoms with van der Waals surface area (Å²) in [6.07, 6.45) is 1.38. The zero-order chi connectivity index (χ0) is 17.6. The first-order valence-electron chi connectivity index (χ1n) is 8.96. The summed E-state index contributed by atoms with van der Waals surface area (Å²) in [6, 6.07) is 9.56. The molecule has 1 aromatic rings. The summed E-state index contributed by atoms with van der Waals surface area (Å²) in [7, 11) is 0. The van der Waals surface area contributed by atoms with E-state index in [0.717, 1.165) is 25.3 Å². The number of anilines is 1. The smallest absolute Gasteiger partial charge is 0.263 e. The molecule has 0 fully saturated rings. The number of benzene rings is 1. The second-order valence-electron chi connectivity index (χ2n) is 6.02.